The van der Waals surface area contributed by atoms with Crippen molar-refractivity contribution in [3.8, 4) is 0 Å². The minimum absolute atomic E-state index is 0.0845. The van der Waals surface area contributed by atoms with Gasteiger partial charge in [0, 0.05) is 17.5 Å². The van der Waals surface area contributed by atoms with Crippen molar-refractivity contribution < 1.29 is 14.5 Å². The summed E-state index contributed by atoms with van der Waals surface area (Å²) >= 11 is 5.77. The fourth-order valence-electron chi connectivity index (χ4n) is 1.71. The van der Waals surface area contributed by atoms with Crippen LogP contribution in [0.2, 0.25) is 0 Å². The molecular weight excluding hydrogens is 258 g/mol. The Bertz CT molecular complexity index is 473. The highest BCUT2D eigenvalue weighted by atomic mass is 35.5. The molecule has 98 valence electrons. The predicted molar refractivity (Wildman–Crippen MR) is 67.7 cm³/mol. The van der Waals surface area contributed by atoms with Gasteiger partial charge in [0.25, 0.3) is 5.69 Å². The lowest BCUT2D eigenvalue weighted by Gasteiger charge is -2.09. The number of hydrogen-bond donors (Lipinski definition) is 0. The molecule has 0 unspecified atom stereocenters. The Morgan fingerprint density at radius 2 is 2.17 bits per heavy atom. The Morgan fingerprint density at radius 3 is 2.67 bits per heavy atom. The number of esters is 1. The zero-order chi connectivity index (χ0) is 13.7. The summed E-state index contributed by atoms with van der Waals surface area (Å²) < 4.78 is 4.81. The van der Waals surface area contributed by atoms with E-state index >= 15 is 0 Å². The SMILES string of the molecule is CCOC(=O)Cc1c(CCl)cc(C)cc1[N+](=O)[O-]. The highest BCUT2D eigenvalue weighted by molar-refractivity contribution is 6.17. The van der Waals surface area contributed by atoms with Crippen LogP contribution in [0.3, 0.4) is 0 Å². The first-order valence-corrected chi connectivity index (χ1v) is 6.01. The quantitative estimate of drug-likeness (QED) is 0.357. The molecule has 6 heteroatoms. The average molecular weight is 272 g/mol. The molecule has 0 radical (unpaired) electrons. The third-order valence-corrected chi connectivity index (χ3v) is 2.72. The Hall–Kier alpha value is -1.62. The van der Waals surface area contributed by atoms with E-state index < -0.39 is 10.9 Å². The van der Waals surface area contributed by atoms with E-state index in [0.717, 1.165) is 5.56 Å². The van der Waals surface area contributed by atoms with Crippen molar-refractivity contribution in [2.75, 3.05) is 6.61 Å². The van der Waals surface area contributed by atoms with Crippen molar-refractivity contribution in [3.63, 3.8) is 0 Å². The van der Waals surface area contributed by atoms with Gasteiger partial charge in [-0.05, 0) is 25.0 Å². The van der Waals surface area contributed by atoms with Crippen molar-refractivity contribution in [2.24, 2.45) is 0 Å². The van der Waals surface area contributed by atoms with Gasteiger partial charge >= 0.3 is 5.97 Å². The van der Waals surface area contributed by atoms with Crippen LogP contribution < -0.4 is 0 Å². The number of benzene rings is 1. The second-order valence-corrected chi connectivity index (χ2v) is 4.06. The molecule has 0 bridgehead atoms. The van der Waals surface area contributed by atoms with Gasteiger partial charge in [0.2, 0.25) is 0 Å². The molecule has 0 aliphatic heterocycles. The number of rotatable bonds is 5. The highest BCUT2D eigenvalue weighted by Crippen LogP contribution is 2.26. The van der Waals surface area contributed by atoms with E-state index in [4.69, 9.17) is 16.3 Å². The van der Waals surface area contributed by atoms with E-state index in [2.05, 4.69) is 0 Å². The van der Waals surface area contributed by atoms with Crippen LogP contribution in [0.5, 0.6) is 0 Å². The van der Waals surface area contributed by atoms with E-state index in [0.29, 0.717) is 11.1 Å². The number of carbonyl (C=O) groups is 1. The number of hydrogen-bond acceptors (Lipinski definition) is 4. The zero-order valence-corrected chi connectivity index (χ0v) is 11.0. The maximum atomic E-state index is 11.5. The lowest BCUT2D eigenvalue weighted by molar-refractivity contribution is -0.385. The number of alkyl halides is 1. The molecule has 0 saturated carbocycles. The summed E-state index contributed by atoms with van der Waals surface area (Å²) in [4.78, 5) is 21.9. The Labute approximate surface area is 110 Å². The van der Waals surface area contributed by atoms with Gasteiger partial charge in [-0.25, -0.2) is 0 Å². The summed E-state index contributed by atoms with van der Waals surface area (Å²) in [7, 11) is 0. The van der Waals surface area contributed by atoms with E-state index in [-0.39, 0.29) is 24.6 Å². The van der Waals surface area contributed by atoms with Gasteiger partial charge in [0.05, 0.1) is 18.0 Å². The van der Waals surface area contributed by atoms with Gasteiger partial charge in [-0.3, -0.25) is 14.9 Å². The highest BCUT2D eigenvalue weighted by Gasteiger charge is 2.21. The number of aryl methyl sites for hydroxylation is 1. The van der Waals surface area contributed by atoms with Crippen LogP contribution in [0, 0.1) is 17.0 Å². The molecule has 1 aromatic rings. The van der Waals surface area contributed by atoms with Gasteiger partial charge in [-0.2, -0.15) is 0 Å². The molecule has 0 amide bonds. The van der Waals surface area contributed by atoms with Crippen molar-refractivity contribution in [3.05, 3.63) is 38.9 Å². The van der Waals surface area contributed by atoms with Crippen LogP contribution in [-0.4, -0.2) is 17.5 Å². The van der Waals surface area contributed by atoms with Gasteiger partial charge in [-0.15, -0.1) is 11.6 Å². The average Bonchev–Trinajstić information content (AvgIpc) is 2.30. The number of nitro benzene ring substituents is 1. The molecular formula is C12H14ClNO4. The first kappa shape index (κ1) is 14.4. The molecule has 0 heterocycles. The second kappa shape index (κ2) is 6.35. The van der Waals surface area contributed by atoms with E-state index in [9.17, 15) is 14.9 Å². The molecule has 0 aliphatic carbocycles. The van der Waals surface area contributed by atoms with Gasteiger partial charge < -0.3 is 4.74 Å². The first-order chi connectivity index (χ1) is 8.49. The fraction of sp³-hybridized carbons (Fsp3) is 0.417. The van der Waals surface area contributed by atoms with Crippen LogP contribution in [0.1, 0.15) is 23.6 Å². The van der Waals surface area contributed by atoms with E-state index in [1.165, 1.54) is 6.07 Å². The number of carbonyl (C=O) groups excluding carboxylic acids is 1. The van der Waals surface area contributed by atoms with E-state index in [1.54, 1.807) is 19.9 Å². The maximum Gasteiger partial charge on any atom is 0.310 e. The fourth-order valence-corrected chi connectivity index (χ4v) is 1.95. The minimum Gasteiger partial charge on any atom is -0.466 e. The number of halogens is 1. The third-order valence-electron chi connectivity index (χ3n) is 2.43. The minimum atomic E-state index is -0.502. The molecule has 5 nitrogen and oxygen atoms in total. The first-order valence-electron chi connectivity index (χ1n) is 5.48. The van der Waals surface area contributed by atoms with Crippen LogP contribution in [0.4, 0.5) is 5.69 Å². The molecule has 1 rings (SSSR count). The molecule has 0 N–H and O–H groups in total. The van der Waals surface area contributed by atoms with Gasteiger partial charge in [0.15, 0.2) is 0 Å². The molecule has 0 aliphatic rings. The van der Waals surface area contributed by atoms with Crippen LogP contribution in [-0.2, 0) is 21.8 Å². The maximum absolute atomic E-state index is 11.5. The van der Waals surface area contributed by atoms with Crippen molar-refractivity contribution in [2.45, 2.75) is 26.1 Å². The molecule has 0 fully saturated rings. The molecule has 1 aromatic carbocycles. The third kappa shape index (κ3) is 3.43. The summed E-state index contributed by atoms with van der Waals surface area (Å²) in [6.07, 6.45) is -0.132. The van der Waals surface area contributed by atoms with Crippen molar-refractivity contribution >= 4 is 23.3 Å². The molecule has 0 spiro atoms. The largest absolute Gasteiger partial charge is 0.466 e. The Balaban J connectivity index is 3.21. The smallest absolute Gasteiger partial charge is 0.310 e. The van der Waals surface area contributed by atoms with Crippen LogP contribution in [0.25, 0.3) is 0 Å². The van der Waals surface area contributed by atoms with Crippen LogP contribution in [0.15, 0.2) is 12.1 Å². The molecule has 18 heavy (non-hydrogen) atoms. The van der Waals surface area contributed by atoms with Crippen LogP contribution >= 0.6 is 11.6 Å². The number of nitrogens with zero attached hydrogens (tertiary/aromatic N) is 1. The van der Waals surface area contributed by atoms with Gasteiger partial charge in [0.1, 0.15) is 0 Å². The summed E-state index contributed by atoms with van der Waals surface area (Å²) in [5.74, 6) is -0.368. The van der Waals surface area contributed by atoms with Crippen molar-refractivity contribution in [1.82, 2.24) is 0 Å². The standard InChI is InChI=1S/C12H14ClNO4/c1-3-18-12(15)6-10-9(7-13)4-8(2)5-11(10)14(16)17/h4-5H,3,6-7H2,1-2H3. The normalized spacial score (nSPS) is 10.2. The molecule has 0 saturated heterocycles. The second-order valence-electron chi connectivity index (χ2n) is 3.79. The van der Waals surface area contributed by atoms with Gasteiger partial charge in [-0.1, -0.05) is 6.07 Å². The van der Waals surface area contributed by atoms with Crippen molar-refractivity contribution in [1.29, 1.82) is 0 Å². The number of ether oxygens (including phenoxy) is 1. The predicted octanol–water partition coefficient (Wildman–Crippen LogP) is 2.75. The topological polar surface area (TPSA) is 69.4 Å². The summed E-state index contributed by atoms with van der Waals surface area (Å²) in [5, 5.41) is 11.0. The molecule has 0 atom stereocenters. The summed E-state index contributed by atoms with van der Waals surface area (Å²) in [6.45, 7) is 3.68. The number of nitro groups is 1. The zero-order valence-electron chi connectivity index (χ0n) is 10.2. The summed E-state index contributed by atoms with van der Waals surface area (Å²) in [5.41, 5.74) is 1.58. The van der Waals surface area contributed by atoms with E-state index in [1.807, 2.05) is 0 Å². The Kier molecular flexibility index (Phi) is 5.09. The monoisotopic (exact) mass is 271 g/mol. The summed E-state index contributed by atoms with van der Waals surface area (Å²) in [6, 6.07) is 3.18. The Morgan fingerprint density at radius 1 is 1.50 bits per heavy atom. The molecule has 0 aromatic heterocycles. The lowest BCUT2D eigenvalue weighted by Crippen LogP contribution is -2.11. The lowest BCUT2D eigenvalue weighted by atomic mass is 10.0.